The normalized spacial score (nSPS) is 17.6. The predicted octanol–water partition coefficient (Wildman–Crippen LogP) is 4.42. The highest BCUT2D eigenvalue weighted by Crippen LogP contribution is 2.39. The summed E-state index contributed by atoms with van der Waals surface area (Å²) in [6.45, 7) is 4.25. The second-order valence-corrected chi connectivity index (χ2v) is 7.12. The molecule has 0 bridgehead atoms. The number of fused-ring (bicyclic) bond motifs is 1. The van der Waals surface area contributed by atoms with Crippen LogP contribution in [0.1, 0.15) is 35.9 Å². The molecule has 106 valence electrons. The van der Waals surface area contributed by atoms with Crippen LogP contribution >= 0.6 is 22.9 Å². The highest BCUT2D eigenvalue weighted by atomic mass is 35.5. The van der Waals surface area contributed by atoms with Gasteiger partial charge in [-0.1, -0.05) is 23.7 Å². The van der Waals surface area contributed by atoms with Gasteiger partial charge in [0.15, 0.2) is 0 Å². The third kappa shape index (κ3) is 2.46. The van der Waals surface area contributed by atoms with E-state index in [0.717, 1.165) is 22.1 Å². The largest absolute Gasteiger partial charge is 0.487 e. The average molecular weight is 308 g/mol. The monoisotopic (exact) mass is 307 g/mol. The smallest absolute Gasteiger partial charge is 0.123 e. The molecule has 1 N–H and O–H groups in total. The SMILES string of the molecule is CNC(c1ccc2c(c1)CC(C)(C)O2)c1sccc1Cl. The lowest BCUT2D eigenvalue weighted by atomic mass is 9.97. The molecule has 3 rings (SSSR count). The minimum absolute atomic E-state index is 0.101. The molecule has 0 saturated carbocycles. The molecular formula is C16H18ClNOS. The van der Waals surface area contributed by atoms with E-state index in [1.165, 1.54) is 11.1 Å². The Bertz CT molecular complexity index is 635. The summed E-state index contributed by atoms with van der Waals surface area (Å²) >= 11 is 7.96. The molecule has 1 aliphatic heterocycles. The van der Waals surface area contributed by atoms with Crippen LogP contribution in [0.5, 0.6) is 5.75 Å². The van der Waals surface area contributed by atoms with Crippen LogP contribution in [-0.4, -0.2) is 12.6 Å². The number of hydrogen-bond acceptors (Lipinski definition) is 3. The molecule has 2 heterocycles. The van der Waals surface area contributed by atoms with Crippen molar-refractivity contribution in [1.82, 2.24) is 5.32 Å². The Hall–Kier alpha value is -1.03. The maximum Gasteiger partial charge on any atom is 0.123 e. The van der Waals surface area contributed by atoms with Gasteiger partial charge in [-0.25, -0.2) is 0 Å². The quantitative estimate of drug-likeness (QED) is 0.906. The molecule has 1 aromatic carbocycles. The van der Waals surface area contributed by atoms with Gasteiger partial charge in [-0.15, -0.1) is 11.3 Å². The van der Waals surface area contributed by atoms with Crippen LogP contribution < -0.4 is 10.1 Å². The van der Waals surface area contributed by atoms with Crippen LogP contribution in [0.3, 0.4) is 0 Å². The lowest BCUT2D eigenvalue weighted by molar-refractivity contribution is 0.138. The zero-order valence-electron chi connectivity index (χ0n) is 11.9. The summed E-state index contributed by atoms with van der Waals surface area (Å²) in [6, 6.07) is 8.52. The highest BCUT2D eigenvalue weighted by Gasteiger charge is 2.30. The third-order valence-electron chi connectivity index (χ3n) is 3.62. The second kappa shape index (κ2) is 5.06. The second-order valence-electron chi connectivity index (χ2n) is 5.76. The van der Waals surface area contributed by atoms with Gasteiger partial charge in [0.1, 0.15) is 11.4 Å². The van der Waals surface area contributed by atoms with Crippen LogP contribution in [0.15, 0.2) is 29.6 Å². The van der Waals surface area contributed by atoms with Gasteiger partial charge in [-0.2, -0.15) is 0 Å². The summed E-state index contributed by atoms with van der Waals surface area (Å²) < 4.78 is 5.93. The van der Waals surface area contributed by atoms with Crippen molar-refractivity contribution in [3.8, 4) is 5.75 Å². The van der Waals surface area contributed by atoms with Gasteiger partial charge in [-0.05, 0) is 49.5 Å². The van der Waals surface area contributed by atoms with Crippen LogP contribution in [0.25, 0.3) is 0 Å². The van der Waals surface area contributed by atoms with Crippen molar-refractivity contribution in [2.45, 2.75) is 31.9 Å². The Kier molecular flexibility index (Phi) is 3.53. The Labute approximate surface area is 128 Å². The molecule has 0 amide bonds. The minimum Gasteiger partial charge on any atom is -0.487 e. The minimum atomic E-state index is -0.101. The molecule has 1 aromatic heterocycles. The standard InChI is InChI=1S/C16H18ClNOS/c1-16(2)9-11-8-10(4-5-13(11)19-16)14(18-3)15-12(17)6-7-20-15/h4-8,14,18H,9H2,1-3H3. The van der Waals surface area contributed by atoms with Gasteiger partial charge in [0.25, 0.3) is 0 Å². The molecule has 20 heavy (non-hydrogen) atoms. The molecule has 2 aromatic rings. The molecule has 1 unspecified atom stereocenters. The summed E-state index contributed by atoms with van der Waals surface area (Å²) in [4.78, 5) is 1.16. The first-order valence-corrected chi connectivity index (χ1v) is 7.98. The lowest BCUT2D eigenvalue weighted by Crippen LogP contribution is -2.24. The summed E-state index contributed by atoms with van der Waals surface area (Å²) in [5.41, 5.74) is 2.41. The summed E-state index contributed by atoms with van der Waals surface area (Å²) in [6.07, 6.45) is 0.949. The number of benzene rings is 1. The molecule has 0 aliphatic carbocycles. The average Bonchev–Trinajstić information content (AvgIpc) is 2.92. The van der Waals surface area contributed by atoms with Crippen molar-refractivity contribution < 1.29 is 4.74 Å². The molecule has 4 heteroatoms. The number of halogens is 1. The Morgan fingerprint density at radius 3 is 2.80 bits per heavy atom. The molecule has 1 atom stereocenters. The fraction of sp³-hybridized carbons (Fsp3) is 0.375. The Morgan fingerprint density at radius 2 is 2.15 bits per heavy atom. The van der Waals surface area contributed by atoms with Gasteiger partial charge in [0, 0.05) is 11.3 Å². The first-order valence-electron chi connectivity index (χ1n) is 6.72. The molecule has 0 radical (unpaired) electrons. The summed E-state index contributed by atoms with van der Waals surface area (Å²) in [7, 11) is 1.97. The van der Waals surface area contributed by atoms with E-state index in [0.29, 0.717) is 0 Å². The number of rotatable bonds is 3. The fourth-order valence-electron chi connectivity index (χ4n) is 2.77. The number of ether oxygens (including phenoxy) is 1. The lowest BCUT2D eigenvalue weighted by Gasteiger charge is -2.17. The van der Waals surface area contributed by atoms with Gasteiger partial charge in [-0.3, -0.25) is 0 Å². The van der Waals surface area contributed by atoms with E-state index in [1.807, 2.05) is 18.5 Å². The molecule has 0 fully saturated rings. The number of hydrogen-bond donors (Lipinski definition) is 1. The van der Waals surface area contributed by atoms with E-state index in [4.69, 9.17) is 16.3 Å². The zero-order valence-corrected chi connectivity index (χ0v) is 13.4. The van der Waals surface area contributed by atoms with Gasteiger partial charge in [0.05, 0.1) is 11.1 Å². The molecular weight excluding hydrogens is 290 g/mol. The van der Waals surface area contributed by atoms with Crippen molar-refractivity contribution in [3.05, 3.63) is 50.7 Å². The van der Waals surface area contributed by atoms with Crippen LogP contribution in [0, 0.1) is 0 Å². The van der Waals surface area contributed by atoms with E-state index in [1.54, 1.807) is 11.3 Å². The Morgan fingerprint density at radius 1 is 1.35 bits per heavy atom. The van der Waals surface area contributed by atoms with Gasteiger partial charge in [0.2, 0.25) is 0 Å². The van der Waals surface area contributed by atoms with Crippen LogP contribution in [-0.2, 0) is 6.42 Å². The topological polar surface area (TPSA) is 21.3 Å². The first kappa shape index (κ1) is 13.9. The van der Waals surface area contributed by atoms with Gasteiger partial charge >= 0.3 is 0 Å². The summed E-state index contributed by atoms with van der Waals surface area (Å²) in [5.74, 6) is 1.01. The van der Waals surface area contributed by atoms with Crippen molar-refractivity contribution >= 4 is 22.9 Å². The number of thiophene rings is 1. The van der Waals surface area contributed by atoms with Gasteiger partial charge < -0.3 is 10.1 Å². The number of nitrogens with one attached hydrogen (secondary N) is 1. The van der Waals surface area contributed by atoms with E-state index in [-0.39, 0.29) is 11.6 Å². The molecule has 0 saturated heterocycles. The van der Waals surface area contributed by atoms with Crippen molar-refractivity contribution in [1.29, 1.82) is 0 Å². The fourth-order valence-corrected chi connectivity index (χ4v) is 4.07. The van der Waals surface area contributed by atoms with Crippen LogP contribution in [0.2, 0.25) is 5.02 Å². The maximum atomic E-state index is 6.27. The first-order chi connectivity index (χ1) is 9.50. The molecule has 2 nitrogen and oxygen atoms in total. The van der Waals surface area contributed by atoms with Crippen LogP contribution in [0.4, 0.5) is 0 Å². The molecule has 1 aliphatic rings. The summed E-state index contributed by atoms with van der Waals surface area (Å²) in [5, 5.41) is 6.21. The highest BCUT2D eigenvalue weighted by molar-refractivity contribution is 7.10. The van der Waals surface area contributed by atoms with Crippen molar-refractivity contribution in [2.75, 3.05) is 7.05 Å². The predicted molar refractivity (Wildman–Crippen MR) is 85.1 cm³/mol. The van der Waals surface area contributed by atoms with Crippen molar-refractivity contribution in [3.63, 3.8) is 0 Å². The van der Waals surface area contributed by atoms with E-state index < -0.39 is 0 Å². The molecule has 0 spiro atoms. The van der Waals surface area contributed by atoms with E-state index >= 15 is 0 Å². The Balaban J connectivity index is 1.97. The van der Waals surface area contributed by atoms with Crippen molar-refractivity contribution in [2.24, 2.45) is 0 Å². The maximum absolute atomic E-state index is 6.27. The third-order valence-corrected chi connectivity index (χ3v) is 5.04. The van der Waals surface area contributed by atoms with E-state index in [9.17, 15) is 0 Å². The zero-order chi connectivity index (χ0) is 14.3. The van der Waals surface area contributed by atoms with E-state index in [2.05, 4.69) is 37.4 Å².